The number of carbonyl (C=O) groups is 1. The van der Waals surface area contributed by atoms with Gasteiger partial charge in [-0.3, -0.25) is 4.79 Å². The van der Waals surface area contributed by atoms with E-state index in [9.17, 15) is 10.1 Å². The third-order valence-electron chi connectivity index (χ3n) is 3.41. The highest BCUT2D eigenvalue weighted by Gasteiger charge is 2.13. The second-order valence-corrected chi connectivity index (χ2v) is 5.07. The van der Waals surface area contributed by atoms with Gasteiger partial charge in [0.2, 0.25) is 0 Å². The molecule has 0 atom stereocenters. The molecule has 2 aromatic rings. The molecule has 0 aliphatic rings. The first-order valence-corrected chi connectivity index (χ1v) is 7.30. The molecule has 24 heavy (non-hydrogen) atoms. The van der Waals surface area contributed by atoms with Gasteiger partial charge in [0.25, 0.3) is 5.91 Å². The fourth-order valence-electron chi connectivity index (χ4n) is 2.20. The first-order chi connectivity index (χ1) is 11.6. The zero-order valence-corrected chi connectivity index (χ0v) is 13.8. The molecule has 5 heteroatoms. The molecule has 0 spiro atoms. The summed E-state index contributed by atoms with van der Waals surface area (Å²) in [5, 5.41) is 12.0. The third kappa shape index (κ3) is 3.93. The standard InChI is InChI=1S/C19H18N2O3/c1-13-8-9-18(24-3)16(10-13)21-19(22)15(12-20)11-14-6-4-5-7-17(14)23-2/h4-11H,1-3H3,(H,21,22)/b15-11+. The average molecular weight is 322 g/mol. The second kappa shape index (κ2) is 7.84. The first-order valence-electron chi connectivity index (χ1n) is 7.30. The van der Waals surface area contributed by atoms with Crippen LogP contribution in [0.15, 0.2) is 48.0 Å². The van der Waals surface area contributed by atoms with Crippen molar-refractivity contribution in [3.05, 3.63) is 59.2 Å². The Kier molecular flexibility index (Phi) is 5.58. The third-order valence-corrected chi connectivity index (χ3v) is 3.41. The van der Waals surface area contributed by atoms with Gasteiger partial charge >= 0.3 is 0 Å². The molecule has 0 aliphatic heterocycles. The van der Waals surface area contributed by atoms with E-state index in [0.29, 0.717) is 22.7 Å². The molecule has 0 bridgehead atoms. The van der Waals surface area contributed by atoms with Crippen LogP contribution in [-0.4, -0.2) is 20.1 Å². The number of carbonyl (C=O) groups excluding carboxylic acids is 1. The highest BCUT2D eigenvalue weighted by molar-refractivity contribution is 6.10. The first kappa shape index (κ1) is 17.1. The lowest BCUT2D eigenvalue weighted by molar-refractivity contribution is -0.112. The van der Waals surface area contributed by atoms with E-state index in [0.717, 1.165) is 5.56 Å². The topological polar surface area (TPSA) is 71.3 Å². The van der Waals surface area contributed by atoms with Crippen LogP contribution in [0.4, 0.5) is 5.69 Å². The smallest absolute Gasteiger partial charge is 0.266 e. The maximum absolute atomic E-state index is 12.4. The summed E-state index contributed by atoms with van der Waals surface area (Å²) >= 11 is 0. The second-order valence-electron chi connectivity index (χ2n) is 5.07. The summed E-state index contributed by atoms with van der Waals surface area (Å²) in [7, 11) is 3.06. The van der Waals surface area contributed by atoms with Crippen LogP contribution in [0.25, 0.3) is 6.08 Å². The summed E-state index contributed by atoms with van der Waals surface area (Å²) in [5.41, 5.74) is 2.12. The van der Waals surface area contributed by atoms with Gasteiger partial charge in [-0.2, -0.15) is 5.26 Å². The number of nitrogens with zero attached hydrogens (tertiary/aromatic N) is 1. The Hall–Kier alpha value is -3.26. The number of ether oxygens (including phenoxy) is 2. The van der Waals surface area contributed by atoms with E-state index in [4.69, 9.17) is 9.47 Å². The molecule has 0 radical (unpaired) electrons. The molecule has 1 amide bonds. The van der Waals surface area contributed by atoms with Crippen LogP contribution in [0, 0.1) is 18.3 Å². The van der Waals surface area contributed by atoms with Crippen LogP contribution >= 0.6 is 0 Å². The summed E-state index contributed by atoms with van der Waals surface area (Å²) in [6, 6.07) is 14.5. The number of aryl methyl sites for hydroxylation is 1. The van der Waals surface area contributed by atoms with Gasteiger partial charge in [-0.25, -0.2) is 0 Å². The molecule has 0 fully saturated rings. The Morgan fingerprint density at radius 3 is 2.50 bits per heavy atom. The maximum Gasteiger partial charge on any atom is 0.266 e. The Morgan fingerprint density at radius 2 is 1.83 bits per heavy atom. The van der Waals surface area contributed by atoms with Crippen molar-refractivity contribution >= 4 is 17.7 Å². The van der Waals surface area contributed by atoms with Crippen molar-refractivity contribution in [2.75, 3.05) is 19.5 Å². The van der Waals surface area contributed by atoms with Crippen molar-refractivity contribution < 1.29 is 14.3 Å². The predicted octanol–water partition coefficient (Wildman–Crippen LogP) is 3.56. The molecule has 0 heterocycles. The van der Waals surface area contributed by atoms with Crippen molar-refractivity contribution in [2.24, 2.45) is 0 Å². The van der Waals surface area contributed by atoms with Gasteiger partial charge in [0.15, 0.2) is 0 Å². The lowest BCUT2D eigenvalue weighted by atomic mass is 10.1. The molecule has 0 unspecified atom stereocenters. The molecule has 2 rings (SSSR count). The average Bonchev–Trinajstić information content (AvgIpc) is 2.60. The number of benzene rings is 2. The fourth-order valence-corrected chi connectivity index (χ4v) is 2.20. The van der Waals surface area contributed by atoms with E-state index in [1.165, 1.54) is 20.3 Å². The number of methoxy groups -OCH3 is 2. The SMILES string of the molecule is COc1ccccc1/C=C(\C#N)C(=O)Nc1cc(C)ccc1OC. The van der Waals surface area contributed by atoms with Crippen LogP contribution < -0.4 is 14.8 Å². The summed E-state index contributed by atoms with van der Waals surface area (Å²) in [4.78, 5) is 12.4. The Bertz CT molecular complexity index is 820. The van der Waals surface area contributed by atoms with Gasteiger partial charge in [0.05, 0.1) is 19.9 Å². The van der Waals surface area contributed by atoms with Crippen molar-refractivity contribution in [2.45, 2.75) is 6.92 Å². The van der Waals surface area contributed by atoms with E-state index in [1.807, 2.05) is 31.2 Å². The van der Waals surface area contributed by atoms with Crippen molar-refractivity contribution in [3.8, 4) is 17.6 Å². The van der Waals surface area contributed by atoms with Gasteiger partial charge < -0.3 is 14.8 Å². The highest BCUT2D eigenvalue weighted by Crippen LogP contribution is 2.26. The highest BCUT2D eigenvalue weighted by atomic mass is 16.5. The minimum Gasteiger partial charge on any atom is -0.496 e. The monoisotopic (exact) mass is 322 g/mol. The number of hydrogen-bond donors (Lipinski definition) is 1. The lowest BCUT2D eigenvalue weighted by Crippen LogP contribution is -2.14. The molecular weight excluding hydrogens is 304 g/mol. The van der Waals surface area contributed by atoms with Crippen molar-refractivity contribution in [1.82, 2.24) is 0 Å². The number of anilines is 1. The van der Waals surface area contributed by atoms with Crippen molar-refractivity contribution in [1.29, 1.82) is 5.26 Å². The number of amides is 1. The van der Waals surface area contributed by atoms with Crippen molar-refractivity contribution in [3.63, 3.8) is 0 Å². The number of para-hydroxylation sites is 1. The van der Waals surface area contributed by atoms with Crippen LogP contribution in [0.3, 0.4) is 0 Å². The van der Waals surface area contributed by atoms with Gasteiger partial charge in [0.1, 0.15) is 23.1 Å². The minimum atomic E-state index is -0.507. The Labute approximate surface area is 141 Å². The largest absolute Gasteiger partial charge is 0.496 e. The number of hydrogen-bond acceptors (Lipinski definition) is 4. The Balaban J connectivity index is 2.32. The normalized spacial score (nSPS) is 10.7. The summed E-state index contributed by atoms with van der Waals surface area (Å²) < 4.78 is 10.5. The minimum absolute atomic E-state index is 0.0249. The number of nitriles is 1. The van der Waals surface area contributed by atoms with E-state index >= 15 is 0 Å². The van der Waals surface area contributed by atoms with Crippen LogP contribution in [-0.2, 0) is 4.79 Å². The van der Waals surface area contributed by atoms with Crippen LogP contribution in [0.5, 0.6) is 11.5 Å². The number of nitrogens with one attached hydrogen (secondary N) is 1. The number of rotatable bonds is 5. The molecule has 2 aromatic carbocycles. The Morgan fingerprint density at radius 1 is 1.12 bits per heavy atom. The zero-order chi connectivity index (χ0) is 17.5. The molecule has 0 saturated carbocycles. The van der Waals surface area contributed by atoms with E-state index < -0.39 is 5.91 Å². The maximum atomic E-state index is 12.4. The van der Waals surface area contributed by atoms with Gasteiger partial charge in [0, 0.05) is 5.56 Å². The summed E-state index contributed by atoms with van der Waals surface area (Å²) in [5.74, 6) is 0.613. The molecule has 1 N–H and O–H groups in total. The lowest BCUT2D eigenvalue weighted by Gasteiger charge is -2.11. The molecule has 0 aliphatic carbocycles. The molecule has 0 aromatic heterocycles. The predicted molar refractivity (Wildman–Crippen MR) is 92.9 cm³/mol. The van der Waals surface area contributed by atoms with E-state index in [2.05, 4.69) is 5.32 Å². The quantitative estimate of drug-likeness (QED) is 0.675. The zero-order valence-electron chi connectivity index (χ0n) is 13.8. The van der Waals surface area contributed by atoms with Gasteiger partial charge in [-0.1, -0.05) is 24.3 Å². The van der Waals surface area contributed by atoms with Crippen LogP contribution in [0.2, 0.25) is 0 Å². The van der Waals surface area contributed by atoms with Gasteiger partial charge in [-0.05, 0) is 36.8 Å². The molecule has 5 nitrogen and oxygen atoms in total. The molecule has 0 saturated heterocycles. The summed E-state index contributed by atoms with van der Waals surface area (Å²) in [6.07, 6.45) is 1.50. The molecule has 122 valence electrons. The van der Waals surface area contributed by atoms with E-state index in [-0.39, 0.29) is 5.57 Å². The van der Waals surface area contributed by atoms with Gasteiger partial charge in [-0.15, -0.1) is 0 Å². The molecular formula is C19H18N2O3. The fraction of sp³-hybridized carbons (Fsp3) is 0.158. The summed E-state index contributed by atoms with van der Waals surface area (Å²) in [6.45, 7) is 1.91. The van der Waals surface area contributed by atoms with Crippen LogP contribution in [0.1, 0.15) is 11.1 Å². The van der Waals surface area contributed by atoms with E-state index in [1.54, 1.807) is 24.3 Å².